The molecule has 2 N–H and O–H groups in total. The highest BCUT2D eigenvalue weighted by molar-refractivity contribution is 14.0. The molecule has 4 aromatic rings. The Morgan fingerprint density at radius 1 is 1.03 bits per heavy atom. The summed E-state index contributed by atoms with van der Waals surface area (Å²) < 4.78 is 3.99. The molecule has 0 spiro atoms. The fourth-order valence-electron chi connectivity index (χ4n) is 3.49. The van der Waals surface area contributed by atoms with Crippen LogP contribution in [0.1, 0.15) is 22.8 Å². The average Bonchev–Trinajstić information content (AvgIpc) is 3.33. The van der Waals surface area contributed by atoms with Crippen molar-refractivity contribution >= 4 is 35.6 Å². The van der Waals surface area contributed by atoms with Gasteiger partial charge in [0.2, 0.25) is 0 Å². The quantitative estimate of drug-likeness (QED) is 0.228. The highest BCUT2D eigenvalue weighted by Gasteiger charge is 2.10. The Hall–Kier alpha value is -2.95. The molecule has 0 saturated carbocycles. The van der Waals surface area contributed by atoms with Crippen molar-refractivity contribution in [3.63, 3.8) is 0 Å². The van der Waals surface area contributed by atoms with Crippen LogP contribution in [0.25, 0.3) is 11.3 Å². The molecule has 1 aromatic carbocycles. The average molecular weight is 530 g/mol. The molecule has 0 aliphatic carbocycles. The van der Waals surface area contributed by atoms with Gasteiger partial charge in [0.15, 0.2) is 11.6 Å². The fraction of sp³-hybridized carbons (Fsp3) is 0.273. The second-order valence-corrected chi connectivity index (χ2v) is 7.12. The van der Waals surface area contributed by atoms with Gasteiger partial charge in [-0.2, -0.15) is 5.10 Å². The molecule has 0 saturated heterocycles. The van der Waals surface area contributed by atoms with Crippen molar-refractivity contribution in [1.29, 1.82) is 0 Å². The summed E-state index contributed by atoms with van der Waals surface area (Å²) in [6.45, 7) is 5.42. The number of halogens is 1. The number of aryl methyl sites for hydroxylation is 2. The number of hydrogen-bond acceptors (Lipinski definition) is 4. The van der Waals surface area contributed by atoms with Crippen LogP contribution in [0.5, 0.6) is 0 Å². The maximum atomic E-state index is 4.62. The first-order valence-electron chi connectivity index (χ1n) is 10.0. The first-order valence-corrected chi connectivity index (χ1v) is 10.0. The number of fused-ring (bicyclic) bond motifs is 1. The number of hydrogen-bond donors (Lipinski definition) is 2. The van der Waals surface area contributed by atoms with Crippen LogP contribution in [0.3, 0.4) is 0 Å². The minimum absolute atomic E-state index is 0. The van der Waals surface area contributed by atoms with Gasteiger partial charge in [-0.25, -0.2) is 4.68 Å². The van der Waals surface area contributed by atoms with E-state index in [1.54, 1.807) is 7.05 Å². The highest BCUT2D eigenvalue weighted by atomic mass is 127. The summed E-state index contributed by atoms with van der Waals surface area (Å²) >= 11 is 0. The second-order valence-electron chi connectivity index (χ2n) is 7.12. The van der Waals surface area contributed by atoms with E-state index in [1.165, 1.54) is 0 Å². The maximum Gasteiger partial charge on any atom is 0.191 e. The molecule has 0 atom stereocenters. The lowest BCUT2D eigenvalue weighted by Gasteiger charge is -2.15. The van der Waals surface area contributed by atoms with Crippen LogP contribution in [0.2, 0.25) is 0 Å². The lowest BCUT2D eigenvalue weighted by atomic mass is 10.1. The van der Waals surface area contributed by atoms with Gasteiger partial charge in [0.05, 0.1) is 11.4 Å². The monoisotopic (exact) mass is 530 g/mol. The summed E-state index contributed by atoms with van der Waals surface area (Å²) in [5, 5.41) is 19.8. The number of aromatic nitrogens is 5. The van der Waals surface area contributed by atoms with Crippen molar-refractivity contribution in [2.45, 2.75) is 26.8 Å². The zero-order chi connectivity index (χ0) is 20.9. The van der Waals surface area contributed by atoms with Crippen molar-refractivity contribution in [3.05, 3.63) is 77.5 Å². The number of nitrogens with one attached hydrogen (secondary N) is 2. The Balaban J connectivity index is 0.00000272. The molecule has 3 aromatic heterocycles. The third-order valence-corrected chi connectivity index (χ3v) is 4.92. The molecule has 0 fully saturated rings. The Labute approximate surface area is 198 Å². The Kier molecular flexibility index (Phi) is 7.61. The summed E-state index contributed by atoms with van der Waals surface area (Å²) in [6.07, 6.45) is 2.72. The number of para-hydroxylation sites is 1. The molecular formula is C22H27IN8. The van der Waals surface area contributed by atoms with Gasteiger partial charge in [0, 0.05) is 38.4 Å². The molecule has 162 valence electrons. The second kappa shape index (κ2) is 10.4. The zero-order valence-electron chi connectivity index (χ0n) is 17.9. The molecule has 3 heterocycles. The maximum absolute atomic E-state index is 4.62. The minimum atomic E-state index is 0. The molecule has 0 amide bonds. The molecule has 0 radical (unpaired) electrons. The molecule has 0 aliphatic heterocycles. The van der Waals surface area contributed by atoms with Gasteiger partial charge in [0.25, 0.3) is 0 Å². The van der Waals surface area contributed by atoms with Crippen LogP contribution in [-0.4, -0.2) is 43.9 Å². The zero-order valence-corrected chi connectivity index (χ0v) is 20.2. The first-order chi connectivity index (χ1) is 14.7. The summed E-state index contributed by atoms with van der Waals surface area (Å²) in [4.78, 5) is 4.34. The van der Waals surface area contributed by atoms with E-state index in [4.69, 9.17) is 0 Å². The Morgan fingerprint density at radius 2 is 1.84 bits per heavy atom. The van der Waals surface area contributed by atoms with Crippen LogP contribution in [0.4, 0.5) is 0 Å². The summed E-state index contributed by atoms with van der Waals surface area (Å²) in [6, 6.07) is 16.2. The van der Waals surface area contributed by atoms with Crippen molar-refractivity contribution in [2.75, 3.05) is 13.6 Å². The lowest BCUT2D eigenvalue weighted by Crippen LogP contribution is -2.38. The summed E-state index contributed by atoms with van der Waals surface area (Å²) in [7, 11) is 1.77. The van der Waals surface area contributed by atoms with E-state index in [9.17, 15) is 0 Å². The minimum Gasteiger partial charge on any atom is -0.356 e. The van der Waals surface area contributed by atoms with Gasteiger partial charge in [-0.1, -0.05) is 24.3 Å². The van der Waals surface area contributed by atoms with Crippen LogP contribution < -0.4 is 10.6 Å². The standard InChI is InChI=1S/C22H26N8.HI/c1-16-14-17(2)30(28-16)19-9-5-4-8-18(19)15-25-22(23-3)24-12-11-21-27-26-20-10-6-7-13-29(20)21;/h4-10,13-14H,11-12,15H2,1-3H3,(H2,23,24,25);1H. The van der Waals surface area contributed by atoms with E-state index in [-0.39, 0.29) is 24.0 Å². The normalized spacial score (nSPS) is 11.4. The van der Waals surface area contributed by atoms with Crippen LogP contribution in [-0.2, 0) is 13.0 Å². The molecule has 0 bridgehead atoms. The van der Waals surface area contributed by atoms with Gasteiger partial charge in [-0.05, 0) is 43.7 Å². The van der Waals surface area contributed by atoms with E-state index in [0.29, 0.717) is 13.1 Å². The SMILES string of the molecule is CN=C(NCCc1nnc2ccccn12)NCc1ccccc1-n1nc(C)cc1C.I. The van der Waals surface area contributed by atoms with E-state index in [0.717, 1.165) is 46.5 Å². The Morgan fingerprint density at radius 3 is 2.61 bits per heavy atom. The van der Waals surface area contributed by atoms with Crippen molar-refractivity contribution in [1.82, 2.24) is 35.0 Å². The van der Waals surface area contributed by atoms with Crippen molar-refractivity contribution in [2.24, 2.45) is 4.99 Å². The summed E-state index contributed by atoms with van der Waals surface area (Å²) in [5.41, 5.74) is 5.20. The fourth-order valence-corrected chi connectivity index (χ4v) is 3.49. The third kappa shape index (κ3) is 5.22. The van der Waals surface area contributed by atoms with Crippen LogP contribution in [0.15, 0.2) is 59.7 Å². The molecule has 0 aliphatic rings. The molecule has 4 rings (SSSR count). The molecule has 0 unspecified atom stereocenters. The van der Waals surface area contributed by atoms with E-state index in [1.807, 2.05) is 52.5 Å². The Bertz CT molecular complexity index is 1180. The summed E-state index contributed by atoms with van der Waals surface area (Å²) in [5.74, 6) is 1.66. The topological polar surface area (TPSA) is 84.4 Å². The molecule has 31 heavy (non-hydrogen) atoms. The predicted octanol–water partition coefficient (Wildman–Crippen LogP) is 3.06. The van der Waals surface area contributed by atoms with E-state index in [2.05, 4.69) is 56.0 Å². The number of benzene rings is 1. The number of aliphatic imine (C=N–C) groups is 1. The van der Waals surface area contributed by atoms with Crippen LogP contribution in [0, 0.1) is 13.8 Å². The van der Waals surface area contributed by atoms with Gasteiger partial charge < -0.3 is 10.6 Å². The third-order valence-electron chi connectivity index (χ3n) is 4.92. The number of guanidine groups is 1. The lowest BCUT2D eigenvalue weighted by molar-refractivity contribution is 0.754. The van der Waals surface area contributed by atoms with Gasteiger partial charge in [-0.15, -0.1) is 34.2 Å². The largest absolute Gasteiger partial charge is 0.356 e. The number of pyridine rings is 1. The predicted molar refractivity (Wildman–Crippen MR) is 133 cm³/mol. The highest BCUT2D eigenvalue weighted by Crippen LogP contribution is 2.16. The first kappa shape index (κ1) is 22.7. The molecule has 8 nitrogen and oxygen atoms in total. The van der Waals surface area contributed by atoms with Gasteiger partial charge >= 0.3 is 0 Å². The molecular weight excluding hydrogens is 503 g/mol. The van der Waals surface area contributed by atoms with E-state index >= 15 is 0 Å². The number of rotatable bonds is 6. The van der Waals surface area contributed by atoms with Crippen molar-refractivity contribution in [3.8, 4) is 5.69 Å². The molecule has 9 heteroatoms. The van der Waals surface area contributed by atoms with Crippen molar-refractivity contribution < 1.29 is 0 Å². The van der Waals surface area contributed by atoms with E-state index < -0.39 is 0 Å². The van der Waals surface area contributed by atoms with Gasteiger partial charge in [-0.3, -0.25) is 9.39 Å². The van der Waals surface area contributed by atoms with Gasteiger partial charge in [0.1, 0.15) is 5.82 Å². The number of nitrogens with zero attached hydrogens (tertiary/aromatic N) is 6. The smallest absolute Gasteiger partial charge is 0.191 e. The van der Waals surface area contributed by atoms with Crippen LogP contribution >= 0.6 is 24.0 Å².